The molecule has 202 valence electrons. The lowest BCUT2D eigenvalue weighted by molar-refractivity contribution is 0.0987. The molecule has 0 fully saturated rings. The number of aromatic nitrogens is 1. The molecule has 0 aliphatic heterocycles. The number of carbonyl (C=O) groups is 1. The van der Waals surface area contributed by atoms with Crippen molar-refractivity contribution in [1.29, 1.82) is 0 Å². The Morgan fingerprint density at radius 3 is 2.38 bits per heavy atom. The number of aryl methyl sites for hydroxylation is 1. The minimum absolute atomic E-state index is 0.0626. The van der Waals surface area contributed by atoms with E-state index in [4.69, 9.17) is 0 Å². The van der Waals surface area contributed by atoms with E-state index in [1.807, 2.05) is 61.5 Å². The van der Waals surface area contributed by atoms with Gasteiger partial charge in [0.05, 0.1) is 21.3 Å². The molecule has 0 bridgehead atoms. The zero-order valence-electron chi connectivity index (χ0n) is 21.7. The van der Waals surface area contributed by atoms with Crippen LogP contribution in [0.1, 0.15) is 27.0 Å². The van der Waals surface area contributed by atoms with Crippen molar-refractivity contribution in [3.05, 3.63) is 125 Å². The summed E-state index contributed by atoms with van der Waals surface area (Å²) >= 11 is 1.13. The van der Waals surface area contributed by atoms with Crippen LogP contribution in [0.2, 0.25) is 0 Å². The zero-order chi connectivity index (χ0) is 28.3. The van der Waals surface area contributed by atoms with Gasteiger partial charge in [0.15, 0.2) is 0 Å². The lowest BCUT2D eigenvalue weighted by Gasteiger charge is -2.18. The number of hydrogen-bond acceptors (Lipinski definition) is 6. The molecule has 0 aliphatic carbocycles. The second-order valence-corrected chi connectivity index (χ2v) is 12.2. The summed E-state index contributed by atoms with van der Waals surface area (Å²) < 4.78 is 41.9. The number of halogens is 1. The number of sulfonamides is 1. The standard InChI is InChI=1S/C30H25FN4O3S2/c1-21-8-10-22(11-9-21)19-32-35(30-33-27-17-14-25(31)18-28(27)39-30)29(36)24-12-15-26(16-13-24)40(37,38)34(2)20-23-6-4-3-5-7-23/h3-19H,20H2,1-2H3/b32-19+. The highest BCUT2D eigenvalue weighted by Gasteiger charge is 2.24. The van der Waals surface area contributed by atoms with Gasteiger partial charge >= 0.3 is 0 Å². The Balaban J connectivity index is 1.44. The Morgan fingerprint density at radius 1 is 0.975 bits per heavy atom. The van der Waals surface area contributed by atoms with Gasteiger partial charge in [0.25, 0.3) is 5.91 Å². The maximum atomic E-state index is 13.8. The van der Waals surface area contributed by atoms with E-state index in [1.165, 1.54) is 47.8 Å². The van der Waals surface area contributed by atoms with Crippen LogP contribution in [0.15, 0.2) is 107 Å². The molecule has 1 amide bonds. The van der Waals surface area contributed by atoms with Gasteiger partial charge in [-0.1, -0.05) is 71.5 Å². The predicted octanol–water partition coefficient (Wildman–Crippen LogP) is 6.25. The highest BCUT2D eigenvalue weighted by Crippen LogP contribution is 2.31. The molecule has 10 heteroatoms. The number of carbonyl (C=O) groups excluding carboxylic acids is 1. The highest BCUT2D eigenvalue weighted by molar-refractivity contribution is 7.89. The fourth-order valence-corrected chi connectivity index (χ4v) is 6.05. The molecule has 0 atom stereocenters. The van der Waals surface area contributed by atoms with Crippen molar-refractivity contribution >= 4 is 48.8 Å². The summed E-state index contributed by atoms with van der Waals surface area (Å²) in [5.41, 5.74) is 3.48. The molecule has 0 saturated heterocycles. The van der Waals surface area contributed by atoms with Crippen LogP contribution < -0.4 is 5.01 Å². The average molecular weight is 573 g/mol. The summed E-state index contributed by atoms with van der Waals surface area (Å²) in [5, 5.41) is 5.82. The van der Waals surface area contributed by atoms with E-state index in [1.54, 1.807) is 12.3 Å². The van der Waals surface area contributed by atoms with E-state index < -0.39 is 21.7 Å². The van der Waals surface area contributed by atoms with Crippen molar-refractivity contribution in [2.45, 2.75) is 18.4 Å². The minimum atomic E-state index is -3.79. The minimum Gasteiger partial charge on any atom is -0.267 e. The molecule has 0 spiro atoms. The van der Waals surface area contributed by atoms with Gasteiger partial charge in [-0.15, -0.1) is 0 Å². The molecule has 0 radical (unpaired) electrons. The molecule has 5 rings (SSSR count). The maximum absolute atomic E-state index is 13.8. The molecular formula is C30H25FN4O3S2. The van der Waals surface area contributed by atoms with Gasteiger partial charge in [-0.3, -0.25) is 4.79 Å². The van der Waals surface area contributed by atoms with Crippen LogP contribution in [-0.4, -0.2) is 36.9 Å². The lowest BCUT2D eigenvalue weighted by Crippen LogP contribution is -2.27. The van der Waals surface area contributed by atoms with Crippen LogP contribution in [-0.2, 0) is 16.6 Å². The van der Waals surface area contributed by atoms with E-state index in [9.17, 15) is 17.6 Å². The molecule has 7 nitrogen and oxygen atoms in total. The van der Waals surface area contributed by atoms with Crippen molar-refractivity contribution in [1.82, 2.24) is 9.29 Å². The van der Waals surface area contributed by atoms with Gasteiger partial charge < -0.3 is 0 Å². The molecule has 0 saturated carbocycles. The SMILES string of the molecule is Cc1ccc(/C=N/N(C(=O)c2ccc(S(=O)(=O)N(C)Cc3ccccc3)cc2)c2nc3ccc(F)cc3s2)cc1. The fraction of sp³-hybridized carbons (Fsp3) is 0.100. The van der Waals surface area contributed by atoms with Crippen LogP contribution in [0.25, 0.3) is 10.2 Å². The van der Waals surface area contributed by atoms with Crippen LogP contribution in [0.3, 0.4) is 0 Å². The van der Waals surface area contributed by atoms with Crippen LogP contribution in [0.4, 0.5) is 9.52 Å². The first-order chi connectivity index (χ1) is 19.2. The Bertz CT molecular complexity index is 1790. The topological polar surface area (TPSA) is 82.9 Å². The van der Waals surface area contributed by atoms with E-state index in [0.717, 1.165) is 33.0 Å². The van der Waals surface area contributed by atoms with E-state index >= 15 is 0 Å². The zero-order valence-corrected chi connectivity index (χ0v) is 23.4. The van der Waals surface area contributed by atoms with E-state index in [2.05, 4.69) is 10.1 Å². The third-order valence-corrected chi connectivity index (χ3v) is 8.98. The Kier molecular flexibility index (Phi) is 7.83. The molecule has 0 N–H and O–H groups in total. The van der Waals surface area contributed by atoms with Gasteiger partial charge in [0, 0.05) is 19.2 Å². The second kappa shape index (κ2) is 11.5. The smallest absolute Gasteiger partial charge is 0.267 e. The number of benzene rings is 4. The number of anilines is 1. The molecule has 0 aliphatic rings. The molecule has 1 heterocycles. The number of fused-ring (bicyclic) bond motifs is 1. The number of nitrogens with zero attached hydrogens (tertiary/aromatic N) is 4. The monoisotopic (exact) mass is 572 g/mol. The summed E-state index contributed by atoms with van der Waals surface area (Å²) in [4.78, 5) is 18.2. The number of hydrogen-bond donors (Lipinski definition) is 0. The van der Waals surface area contributed by atoms with Crippen molar-refractivity contribution in [3.8, 4) is 0 Å². The average Bonchev–Trinajstić information content (AvgIpc) is 3.37. The normalized spacial score (nSPS) is 11.9. The first-order valence-electron chi connectivity index (χ1n) is 12.3. The Hall–Kier alpha value is -4.25. The van der Waals surface area contributed by atoms with Crippen LogP contribution in [0.5, 0.6) is 0 Å². The molecule has 4 aromatic carbocycles. The summed E-state index contributed by atoms with van der Waals surface area (Å²) in [6, 6.07) is 26.8. The summed E-state index contributed by atoms with van der Waals surface area (Å²) in [6.07, 6.45) is 1.54. The third kappa shape index (κ3) is 5.99. The predicted molar refractivity (Wildman–Crippen MR) is 157 cm³/mol. The summed E-state index contributed by atoms with van der Waals surface area (Å²) in [7, 11) is -2.28. The summed E-state index contributed by atoms with van der Waals surface area (Å²) in [6.45, 7) is 2.18. The van der Waals surface area contributed by atoms with Gasteiger partial charge in [-0.05, 0) is 60.5 Å². The molecule has 40 heavy (non-hydrogen) atoms. The first-order valence-corrected chi connectivity index (χ1v) is 14.6. The van der Waals surface area contributed by atoms with Gasteiger partial charge in [0.2, 0.25) is 15.2 Å². The van der Waals surface area contributed by atoms with E-state index in [-0.39, 0.29) is 22.1 Å². The van der Waals surface area contributed by atoms with Gasteiger partial charge in [-0.25, -0.2) is 17.8 Å². The van der Waals surface area contributed by atoms with Crippen molar-refractivity contribution in [3.63, 3.8) is 0 Å². The van der Waals surface area contributed by atoms with Crippen LogP contribution >= 0.6 is 11.3 Å². The van der Waals surface area contributed by atoms with Gasteiger partial charge in [0.1, 0.15) is 5.82 Å². The summed E-state index contributed by atoms with van der Waals surface area (Å²) in [5.74, 6) is -0.915. The second-order valence-electron chi connectivity index (χ2n) is 9.15. The molecule has 5 aromatic rings. The van der Waals surface area contributed by atoms with E-state index in [0.29, 0.717) is 10.2 Å². The maximum Gasteiger partial charge on any atom is 0.280 e. The number of rotatable bonds is 8. The number of amides is 1. The molecular weight excluding hydrogens is 547 g/mol. The van der Waals surface area contributed by atoms with Crippen molar-refractivity contribution in [2.24, 2.45) is 5.10 Å². The third-order valence-electron chi connectivity index (χ3n) is 6.17. The van der Waals surface area contributed by atoms with Crippen molar-refractivity contribution in [2.75, 3.05) is 12.1 Å². The quantitative estimate of drug-likeness (QED) is 0.163. The lowest BCUT2D eigenvalue weighted by atomic mass is 10.2. The Morgan fingerprint density at radius 2 is 1.68 bits per heavy atom. The largest absolute Gasteiger partial charge is 0.280 e. The van der Waals surface area contributed by atoms with Gasteiger partial charge in [-0.2, -0.15) is 14.4 Å². The molecule has 1 aromatic heterocycles. The highest BCUT2D eigenvalue weighted by atomic mass is 32.2. The Labute approximate surface area is 235 Å². The fourth-order valence-electron chi connectivity index (χ4n) is 3.94. The molecule has 0 unspecified atom stereocenters. The number of thiazole rings is 1. The van der Waals surface area contributed by atoms with Crippen molar-refractivity contribution < 1.29 is 17.6 Å². The van der Waals surface area contributed by atoms with Crippen LogP contribution in [0, 0.1) is 12.7 Å². The first kappa shape index (κ1) is 27.3. The number of hydrazone groups is 1.